The molecule has 0 fully saturated rings. The number of carboxylic acid groups (broad SMARTS) is 1. The van der Waals surface area contributed by atoms with Crippen molar-refractivity contribution < 1.29 is 28.0 Å². The predicted molar refractivity (Wildman–Crippen MR) is 63.7 cm³/mol. The quantitative estimate of drug-likeness (QED) is 0.665. The van der Waals surface area contributed by atoms with Crippen LogP contribution in [0.2, 0.25) is 0 Å². The molecule has 0 unspecified atom stereocenters. The van der Waals surface area contributed by atoms with Crippen molar-refractivity contribution in [1.29, 1.82) is 0 Å². The second-order valence-electron chi connectivity index (χ2n) is 4.06. The van der Waals surface area contributed by atoms with Gasteiger partial charge in [0.05, 0.1) is 4.92 Å². The van der Waals surface area contributed by atoms with Crippen LogP contribution in [0.3, 0.4) is 0 Å². The van der Waals surface area contributed by atoms with E-state index in [1.54, 1.807) is 0 Å². The summed E-state index contributed by atoms with van der Waals surface area (Å²) in [5.74, 6) is -1.51. The van der Waals surface area contributed by atoms with Crippen LogP contribution in [0, 0.1) is 17.0 Å². The van der Waals surface area contributed by atoms with Crippen molar-refractivity contribution >= 4 is 17.3 Å². The number of aryl methyl sites for hydroxylation is 1. The number of carbonyl (C=O) groups is 1. The molecule has 0 spiro atoms. The smallest absolute Gasteiger partial charge is 0.405 e. The first kappa shape index (κ1) is 15.7. The summed E-state index contributed by atoms with van der Waals surface area (Å²) in [4.78, 5) is 21.2. The average molecular weight is 292 g/mol. The van der Waals surface area contributed by atoms with E-state index < -0.39 is 35.8 Å². The summed E-state index contributed by atoms with van der Waals surface area (Å²) >= 11 is 0. The Morgan fingerprint density at radius 2 is 2.05 bits per heavy atom. The van der Waals surface area contributed by atoms with Crippen molar-refractivity contribution in [2.45, 2.75) is 13.1 Å². The molecule has 0 heterocycles. The van der Waals surface area contributed by atoms with Gasteiger partial charge < -0.3 is 10.0 Å². The third-order valence-electron chi connectivity index (χ3n) is 2.43. The summed E-state index contributed by atoms with van der Waals surface area (Å²) in [6, 6.07) is 3.74. The highest BCUT2D eigenvalue weighted by Gasteiger charge is 2.34. The molecule has 0 aliphatic heterocycles. The number of para-hydroxylation sites is 1. The Kier molecular flexibility index (Phi) is 4.53. The van der Waals surface area contributed by atoms with Gasteiger partial charge in [0.15, 0.2) is 0 Å². The zero-order valence-electron chi connectivity index (χ0n) is 10.3. The predicted octanol–water partition coefficient (Wildman–Crippen LogP) is 2.36. The van der Waals surface area contributed by atoms with Gasteiger partial charge in [0.2, 0.25) is 0 Å². The standard InChI is InChI=1S/C11H11F3N2O4/c1-7-3-2-4-8(16(19)20)10(7)15(5-9(17)18)6-11(12,13)14/h2-4H,5-6H2,1H3,(H,17,18). The highest BCUT2D eigenvalue weighted by Crippen LogP contribution is 2.33. The fourth-order valence-electron chi connectivity index (χ4n) is 1.80. The Bertz CT molecular complexity index is 531. The SMILES string of the molecule is Cc1cccc([N+](=O)[O-])c1N(CC(=O)O)CC(F)(F)F. The molecule has 20 heavy (non-hydrogen) atoms. The van der Waals surface area contributed by atoms with Gasteiger partial charge in [0.25, 0.3) is 5.69 Å². The maximum Gasteiger partial charge on any atom is 0.405 e. The summed E-state index contributed by atoms with van der Waals surface area (Å²) in [7, 11) is 0. The molecule has 0 aliphatic rings. The average Bonchev–Trinajstić information content (AvgIpc) is 2.24. The number of nitrogens with zero attached hydrogens (tertiary/aromatic N) is 2. The van der Waals surface area contributed by atoms with Gasteiger partial charge in [-0.2, -0.15) is 13.2 Å². The minimum absolute atomic E-state index is 0.199. The summed E-state index contributed by atoms with van der Waals surface area (Å²) < 4.78 is 37.5. The largest absolute Gasteiger partial charge is 0.480 e. The summed E-state index contributed by atoms with van der Waals surface area (Å²) in [5, 5.41) is 19.6. The van der Waals surface area contributed by atoms with Crippen LogP contribution in [0.1, 0.15) is 5.56 Å². The Morgan fingerprint density at radius 3 is 2.50 bits per heavy atom. The molecular formula is C11H11F3N2O4. The Hall–Kier alpha value is -2.32. The highest BCUT2D eigenvalue weighted by atomic mass is 19.4. The van der Waals surface area contributed by atoms with Crippen LogP contribution < -0.4 is 4.90 Å². The third kappa shape index (κ3) is 4.11. The molecule has 1 rings (SSSR count). The first-order chi connectivity index (χ1) is 9.11. The van der Waals surface area contributed by atoms with E-state index in [2.05, 4.69) is 0 Å². The molecule has 1 N–H and O–H groups in total. The van der Waals surface area contributed by atoms with E-state index in [0.717, 1.165) is 6.07 Å². The van der Waals surface area contributed by atoms with E-state index in [1.165, 1.54) is 19.1 Å². The van der Waals surface area contributed by atoms with E-state index >= 15 is 0 Å². The number of halogens is 3. The minimum atomic E-state index is -4.68. The fraction of sp³-hybridized carbons (Fsp3) is 0.364. The molecule has 0 radical (unpaired) electrons. The zero-order valence-corrected chi connectivity index (χ0v) is 10.3. The number of carboxylic acids is 1. The number of nitro benzene ring substituents is 1. The molecule has 0 bridgehead atoms. The number of anilines is 1. The van der Waals surface area contributed by atoms with E-state index in [0.29, 0.717) is 4.90 Å². The molecule has 9 heteroatoms. The van der Waals surface area contributed by atoms with Gasteiger partial charge in [-0.1, -0.05) is 12.1 Å². The molecular weight excluding hydrogens is 281 g/mol. The number of aliphatic carboxylic acids is 1. The monoisotopic (exact) mass is 292 g/mol. The van der Waals surface area contributed by atoms with E-state index in [1.807, 2.05) is 0 Å². The van der Waals surface area contributed by atoms with Crippen molar-refractivity contribution in [2.75, 3.05) is 18.0 Å². The lowest BCUT2D eigenvalue weighted by Crippen LogP contribution is -2.38. The molecule has 110 valence electrons. The Morgan fingerprint density at radius 1 is 1.45 bits per heavy atom. The summed E-state index contributed by atoms with van der Waals surface area (Å²) in [6.07, 6.45) is -4.68. The van der Waals surface area contributed by atoms with E-state index in [4.69, 9.17) is 5.11 Å². The van der Waals surface area contributed by atoms with Crippen LogP contribution in [0.15, 0.2) is 18.2 Å². The van der Waals surface area contributed by atoms with Gasteiger partial charge in [0.1, 0.15) is 18.8 Å². The second kappa shape index (κ2) is 5.76. The molecule has 1 aromatic rings. The van der Waals surface area contributed by atoms with Crippen LogP contribution >= 0.6 is 0 Å². The number of alkyl halides is 3. The lowest BCUT2D eigenvalue weighted by molar-refractivity contribution is -0.384. The van der Waals surface area contributed by atoms with Gasteiger partial charge >= 0.3 is 12.1 Å². The van der Waals surface area contributed by atoms with Crippen LogP contribution in [-0.4, -0.2) is 35.3 Å². The molecule has 0 amide bonds. The topological polar surface area (TPSA) is 83.7 Å². The van der Waals surface area contributed by atoms with Crippen LogP contribution in [-0.2, 0) is 4.79 Å². The first-order valence-electron chi connectivity index (χ1n) is 5.39. The maximum atomic E-state index is 12.5. The molecule has 1 aromatic carbocycles. The van der Waals surface area contributed by atoms with Gasteiger partial charge in [-0.3, -0.25) is 14.9 Å². The molecule has 0 atom stereocenters. The highest BCUT2D eigenvalue weighted by molar-refractivity contribution is 5.77. The maximum absolute atomic E-state index is 12.5. The summed E-state index contributed by atoms with van der Waals surface area (Å²) in [6.45, 7) is -1.18. The Balaban J connectivity index is 3.32. The van der Waals surface area contributed by atoms with Gasteiger partial charge in [-0.05, 0) is 12.5 Å². The summed E-state index contributed by atoms with van der Waals surface area (Å²) in [5.41, 5.74) is -0.697. The van der Waals surface area contributed by atoms with Crippen LogP contribution in [0.5, 0.6) is 0 Å². The number of hydrogen-bond acceptors (Lipinski definition) is 4. The van der Waals surface area contributed by atoms with Crippen molar-refractivity contribution in [1.82, 2.24) is 0 Å². The fourth-order valence-corrected chi connectivity index (χ4v) is 1.80. The lowest BCUT2D eigenvalue weighted by atomic mass is 10.1. The van der Waals surface area contributed by atoms with Gasteiger partial charge in [-0.15, -0.1) is 0 Å². The Labute approximate surface area is 111 Å². The minimum Gasteiger partial charge on any atom is -0.480 e. The van der Waals surface area contributed by atoms with Crippen molar-refractivity contribution in [2.24, 2.45) is 0 Å². The third-order valence-corrected chi connectivity index (χ3v) is 2.43. The molecule has 6 nitrogen and oxygen atoms in total. The van der Waals surface area contributed by atoms with E-state index in [-0.39, 0.29) is 11.3 Å². The van der Waals surface area contributed by atoms with Crippen LogP contribution in [0.25, 0.3) is 0 Å². The van der Waals surface area contributed by atoms with E-state index in [9.17, 15) is 28.1 Å². The second-order valence-corrected chi connectivity index (χ2v) is 4.06. The molecule has 0 saturated carbocycles. The normalized spacial score (nSPS) is 11.2. The molecule has 0 aliphatic carbocycles. The van der Waals surface area contributed by atoms with Crippen molar-refractivity contribution in [3.05, 3.63) is 33.9 Å². The molecule has 0 aromatic heterocycles. The zero-order chi connectivity index (χ0) is 15.5. The molecule has 0 saturated heterocycles. The van der Waals surface area contributed by atoms with Crippen LogP contribution in [0.4, 0.5) is 24.5 Å². The number of nitro groups is 1. The number of hydrogen-bond donors (Lipinski definition) is 1. The van der Waals surface area contributed by atoms with Crippen molar-refractivity contribution in [3.63, 3.8) is 0 Å². The van der Waals surface area contributed by atoms with Gasteiger partial charge in [-0.25, -0.2) is 0 Å². The first-order valence-corrected chi connectivity index (χ1v) is 5.39. The number of rotatable bonds is 5. The number of benzene rings is 1. The van der Waals surface area contributed by atoms with Gasteiger partial charge in [0, 0.05) is 6.07 Å². The van der Waals surface area contributed by atoms with Crippen molar-refractivity contribution in [3.8, 4) is 0 Å². The lowest BCUT2D eigenvalue weighted by Gasteiger charge is -2.25.